The molecule has 1 amide bonds. The summed E-state index contributed by atoms with van der Waals surface area (Å²) in [5, 5.41) is 7.85. The van der Waals surface area contributed by atoms with E-state index >= 15 is 0 Å². The summed E-state index contributed by atoms with van der Waals surface area (Å²) in [5.74, 6) is -0.0746. The van der Waals surface area contributed by atoms with Crippen molar-refractivity contribution in [3.63, 3.8) is 0 Å². The van der Waals surface area contributed by atoms with Crippen LogP contribution in [0.4, 0.5) is 0 Å². The van der Waals surface area contributed by atoms with Crippen molar-refractivity contribution in [2.24, 2.45) is 0 Å². The van der Waals surface area contributed by atoms with Crippen molar-refractivity contribution in [2.75, 3.05) is 0 Å². The van der Waals surface area contributed by atoms with Crippen LogP contribution in [0.15, 0.2) is 57.5 Å². The SMILES string of the molecule is C[C@@H](NC(=O)Cc1noc2ccccc12)c1ccc(Br)cc1. The Morgan fingerprint density at radius 2 is 1.95 bits per heavy atom. The number of fused-ring (bicyclic) bond motifs is 1. The van der Waals surface area contributed by atoms with Gasteiger partial charge in [-0.1, -0.05) is 45.4 Å². The molecule has 1 N–H and O–H groups in total. The molecule has 22 heavy (non-hydrogen) atoms. The Labute approximate surface area is 136 Å². The lowest BCUT2D eigenvalue weighted by molar-refractivity contribution is -0.121. The first-order chi connectivity index (χ1) is 10.6. The Bertz CT molecular complexity index is 796. The molecule has 0 saturated heterocycles. The topological polar surface area (TPSA) is 55.1 Å². The lowest BCUT2D eigenvalue weighted by atomic mass is 10.1. The molecule has 0 radical (unpaired) electrons. The number of nitrogens with one attached hydrogen (secondary N) is 1. The number of hydrogen-bond donors (Lipinski definition) is 1. The normalized spacial score (nSPS) is 12.3. The van der Waals surface area contributed by atoms with E-state index in [4.69, 9.17) is 4.52 Å². The van der Waals surface area contributed by atoms with Crippen LogP contribution in [0.2, 0.25) is 0 Å². The number of para-hydroxylation sites is 1. The van der Waals surface area contributed by atoms with Gasteiger partial charge < -0.3 is 9.84 Å². The zero-order valence-electron chi connectivity index (χ0n) is 12.0. The fourth-order valence-corrected chi connectivity index (χ4v) is 2.61. The largest absolute Gasteiger partial charge is 0.356 e. The van der Waals surface area contributed by atoms with Crippen molar-refractivity contribution in [3.05, 3.63) is 64.3 Å². The summed E-state index contributed by atoms with van der Waals surface area (Å²) in [4.78, 5) is 12.2. The van der Waals surface area contributed by atoms with E-state index in [1.54, 1.807) is 0 Å². The van der Waals surface area contributed by atoms with Crippen LogP contribution in [0.5, 0.6) is 0 Å². The average Bonchev–Trinajstić information content (AvgIpc) is 2.91. The van der Waals surface area contributed by atoms with Gasteiger partial charge in [0.25, 0.3) is 0 Å². The molecule has 112 valence electrons. The van der Waals surface area contributed by atoms with Crippen molar-refractivity contribution in [2.45, 2.75) is 19.4 Å². The molecule has 3 rings (SSSR count). The molecule has 1 atom stereocenters. The van der Waals surface area contributed by atoms with Crippen molar-refractivity contribution in [1.82, 2.24) is 10.5 Å². The number of amides is 1. The average molecular weight is 359 g/mol. The third kappa shape index (κ3) is 3.20. The van der Waals surface area contributed by atoms with Gasteiger partial charge in [0, 0.05) is 9.86 Å². The fraction of sp³-hybridized carbons (Fsp3) is 0.176. The molecule has 0 bridgehead atoms. The first-order valence-corrected chi connectivity index (χ1v) is 7.81. The highest BCUT2D eigenvalue weighted by Gasteiger charge is 2.14. The number of carbonyl (C=O) groups is 1. The fourth-order valence-electron chi connectivity index (χ4n) is 2.34. The summed E-state index contributed by atoms with van der Waals surface area (Å²) in [5.41, 5.74) is 2.42. The van der Waals surface area contributed by atoms with Crippen molar-refractivity contribution >= 4 is 32.8 Å². The van der Waals surface area contributed by atoms with Gasteiger partial charge in [-0.25, -0.2) is 0 Å². The number of hydrogen-bond acceptors (Lipinski definition) is 3. The van der Waals surface area contributed by atoms with Crippen LogP contribution in [0, 0.1) is 0 Å². The maximum absolute atomic E-state index is 12.2. The molecule has 1 heterocycles. The van der Waals surface area contributed by atoms with Gasteiger partial charge in [0.2, 0.25) is 5.91 Å². The summed E-state index contributed by atoms with van der Waals surface area (Å²) in [6, 6.07) is 15.4. The van der Waals surface area contributed by atoms with Gasteiger partial charge in [-0.2, -0.15) is 0 Å². The molecular weight excluding hydrogens is 344 g/mol. The zero-order valence-corrected chi connectivity index (χ0v) is 13.6. The maximum atomic E-state index is 12.2. The highest BCUT2D eigenvalue weighted by atomic mass is 79.9. The van der Waals surface area contributed by atoms with E-state index in [9.17, 15) is 4.79 Å². The van der Waals surface area contributed by atoms with E-state index in [-0.39, 0.29) is 18.4 Å². The summed E-state index contributed by atoms with van der Waals surface area (Å²) in [7, 11) is 0. The second-order valence-corrected chi connectivity index (χ2v) is 6.06. The van der Waals surface area contributed by atoms with Crippen LogP contribution in [-0.2, 0) is 11.2 Å². The Morgan fingerprint density at radius 3 is 2.73 bits per heavy atom. The number of aromatic nitrogens is 1. The molecule has 0 spiro atoms. The van der Waals surface area contributed by atoms with Gasteiger partial charge in [0.15, 0.2) is 5.58 Å². The van der Waals surface area contributed by atoms with E-state index in [0.717, 1.165) is 15.4 Å². The van der Waals surface area contributed by atoms with Gasteiger partial charge in [-0.05, 0) is 36.8 Å². The molecule has 0 fully saturated rings. The van der Waals surface area contributed by atoms with Crippen LogP contribution < -0.4 is 5.32 Å². The van der Waals surface area contributed by atoms with E-state index in [2.05, 4.69) is 26.4 Å². The predicted molar refractivity (Wildman–Crippen MR) is 88.4 cm³/mol. The second-order valence-electron chi connectivity index (χ2n) is 5.14. The molecule has 0 aliphatic heterocycles. The molecule has 0 saturated carbocycles. The standard InChI is InChI=1S/C17H15BrN2O2/c1-11(12-6-8-13(18)9-7-12)19-17(21)10-15-14-4-2-3-5-16(14)22-20-15/h2-9,11H,10H2,1H3,(H,19,21)/t11-/m1/s1. The molecule has 4 nitrogen and oxygen atoms in total. The summed E-state index contributed by atoms with van der Waals surface area (Å²) < 4.78 is 6.23. The Balaban J connectivity index is 1.68. The summed E-state index contributed by atoms with van der Waals surface area (Å²) >= 11 is 3.40. The number of nitrogens with zero attached hydrogens (tertiary/aromatic N) is 1. The van der Waals surface area contributed by atoms with Crippen LogP contribution in [0.25, 0.3) is 11.0 Å². The van der Waals surface area contributed by atoms with E-state index in [1.807, 2.05) is 55.5 Å². The predicted octanol–water partition coefficient (Wildman–Crippen LogP) is 4.01. The van der Waals surface area contributed by atoms with E-state index in [1.165, 1.54) is 0 Å². The Hall–Kier alpha value is -2.14. The first kappa shape index (κ1) is 14.8. The van der Waals surface area contributed by atoms with Crippen LogP contribution in [-0.4, -0.2) is 11.1 Å². The van der Waals surface area contributed by atoms with Crippen molar-refractivity contribution < 1.29 is 9.32 Å². The van der Waals surface area contributed by atoms with Crippen molar-refractivity contribution in [3.8, 4) is 0 Å². The number of benzene rings is 2. The highest BCUT2D eigenvalue weighted by molar-refractivity contribution is 9.10. The van der Waals surface area contributed by atoms with Crippen LogP contribution in [0.3, 0.4) is 0 Å². The van der Waals surface area contributed by atoms with Gasteiger partial charge in [0.05, 0.1) is 12.5 Å². The van der Waals surface area contributed by atoms with Gasteiger partial charge in [-0.15, -0.1) is 0 Å². The Morgan fingerprint density at radius 1 is 1.23 bits per heavy atom. The highest BCUT2D eigenvalue weighted by Crippen LogP contribution is 2.19. The first-order valence-electron chi connectivity index (χ1n) is 7.01. The zero-order chi connectivity index (χ0) is 15.5. The molecule has 0 aliphatic carbocycles. The Kier molecular flexibility index (Phi) is 4.24. The lowest BCUT2D eigenvalue weighted by Crippen LogP contribution is -2.28. The van der Waals surface area contributed by atoms with Gasteiger partial charge in [0.1, 0.15) is 5.69 Å². The second kappa shape index (κ2) is 6.32. The van der Waals surface area contributed by atoms with Crippen LogP contribution >= 0.6 is 15.9 Å². The smallest absolute Gasteiger partial charge is 0.226 e. The minimum absolute atomic E-state index is 0.0567. The molecule has 1 aromatic heterocycles. The molecule has 5 heteroatoms. The van der Waals surface area contributed by atoms with E-state index < -0.39 is 0 Å². The minimum Gasteiger partial charge on any atom is -0.356 e. The van der Waals surface area contributed by atoms with Crippen molar-refractivity contribution in [1.29, 1.82) is 0 Å². The maximum Gasteiger partial charge on any atom is 0.226 e. The number of halogens is 1. The van der Waals surface area contributed by atoms with Crippen LogP contribution in [0.1, 0.15) is 24.2 Å². The molecule has 2 aromatic carbocycles. The lowest BCUT2D eigenvalue weighted by Gasteiger charge is -2.14. The molecule has 3 aromatic rings. The van der Waals surface area contributed by atoms with Gasteiger partial charge >= 0.3 is 0 Å². The number of rotatable bonds is 4. The number of carbonyl (C=O) groups excluding carboxylic acids is 1. The molecule has 0 unspecified atom stereocenters. The van der Waals surface area contributed by atoms with E-state index in [0.29, 0.717) is 11.3 Å². The van der Waals surface area contributed by atoms with Gasteiger partial charge in [-0.3, -0.25) is 4.79 Å². The monoisotopic (exact) mass is 358 g/mol. The summed E-state index contributed by atoms with van der Waals surface area (Å²) in [6.45, 7) is 1.96. The third-order valence-corrected chi connectivity index (χ3v) is 4.06. The molecular formula is C17H15BrN2O2. The minimum atomic E-state index is -0.0746. The quantitative estimate of drug-likeness (QED) is 0.766. The third-order valence-electron chi connectivity index (χ3n) is 3.53. The molecule has 0 aliphatic rings. The summed E-state index contributed by atoms with van der Waals surface area (Å²) in [6.07, 6.45) is 0.206.